The second-order valence-corrected chi connectivity index (χ2v) is 6.68. The third-order valence-corrected chi connectivity index (χ3v) is 5.02. The van der Waals surface area contributed by atoms with Crippen LogP contribution in [-0.2, 0) is 0 Å². The van der Waals surface area contributed by atoms with Gasteiger partial charge in [-0.25, -0.2) is 4.79 Å². The third-order valence-electron chi connectivity index (χ3n) is 3.85. The number of benzene rings is 1. The minimum Gasteiger partial charge on any atom is -0.497 e. The fourth-order valence-corrected chi connectivity index (χ4v) is 3.61. The summed E-state index contributed by atoms with van der Waals surface area (Å²) in [6.45, 7) is 0.746. The first-order chi connectivity index (χ1) is 10.7. The molecule has 1 saturated heterocycles. The number of likely N-dealkylation sites (tertiary alicyclic amines) is 1. The molecule has 1 aliphatic rings. The number of amides is 2. The molecular formula is C16H17ClN2O2S. The quantitative estimate of drug-likeness (QED) is 0.876. The molecule has 6 heteroatoms. The highest BCUT2D eigenvalue weighted by Gasteiger charge is 2.30. The maximum Gasteiger partial charge on any atom is 0.322 e. The number of carbonyl (C=O) groups excluding carboxylic acids is 1. The number of ether oxygens (including phenoxy) is 1. The predicted octanol–water partition coefficient (Wildman–Crippen LogP) is 4.78. The van der Waals surface area contributed by atoms with Crippen LogP contribution < -0.4 is 10.1 Å². The monoisotopic (exact) mass is 336 g/mol. The summed E-state index contributed by atoms with van der Waals surface area (Å²) in [7, 11) is 1.65. The van der Waals surface area contributed by atoms with Gasteiger partial charge >= 0.3 is 6.03 Å². The second kappa shape index (κ2) is 6.58. The molecule has 116 valence electrons. The molecule has 2 amide bonds. The molecule has 1 aliphatic heterocycles. The van der Waals surface area contributed by atoms with E-state index in [0.29, 0.717) is 10.0 Å². The van der Waals surface area contributed by atoms with Crippen molar-refractivity contribution in [2.75, 3.05) is 19.0 Å². The summed E-state index contributed by atoms with van der Waals surface area (Å²) in [6.07, 6.45) is 1.95. The first-order valence-corrected chi connectivity index (χ1v) is 8.39. The molecule has 0 bridgehead atoms. The lowest BCUT2D eigenvalue weighted by molar-refractivity contribution is 0.207. The van der Waals surface area contributed by atoms with Crippen LogP contribution >= 0.6 is 22.9 Å². The van der Waals surface area contributed by atoms with Crippen LogP contribution in [0.4, 0.5) is 10.5 Å². The van der Waals surface area contributed by atoms with E-state index in [1.54, 1.807) is 7.11 Å². The lowest BCUT2D eigenvalue weighted by Gasteiger charge is -2.25. The van der Waals surface area contributed by atoms with Crippen molar-refractivity contribution in [3.8, 4) is 5.75 Å². The number of thiophene rings is 1. The maximum absolute atomic E-state index is 12.5. The molecule has 1 aromatic carbocycles. The van der Waals surface area contributed by atoms with Gasteiger partial charge in [-0.3, -0.25) is 0 Å². The molecule has 2 aromatic rings. The number of halogens is 1. The molecule has 0 radical (unpaired) electrons. The van der Waals surface area contributed by atoms with Crippen molar-refractivity contribution in [1.29, 1.82) is 0 Å². The summed E-state index contributed by atoms with van der Waals surface area (Å²) in [5.41, 5.74) is 1.77. The van der Waals surface area contributed by atoms with Crippen LogP contribution in [-0.4, -0.2) is 24.6 Å². The second-order valence-electron chi connectivity index (χ2n) is 5.17. The topological polar surface area (TPSA) is 41.6 Å². The average Bonchev–Trinajstić information content (AvgIpc) is 3.17. The van der Waals surface area contributed by atoms with Crippen LogP contribution in [0.25, 0.3) is 0 Å². The Balaban J connectivity index is 1.77. The number of urea groups is 1. The summed E-state index contributed by atoms with van der Waals surface area (Å²) in [4.78, 5) is 14.4. The number of anilines is 1. The van der Waals surface area contributed by atoms with E-state index in [9.17, 15) is 4.79 Å². The van der Waals surface area contributed by atoms with E-state index in [0.717, 1.165) is 30.7 Å². The number of nitrogens with zero attached hydrogens (tertiary/aromatic N) is 1. The van der Waals surface area contributed by atoms with Crippen LogP contribution in [0.2, 0.25) is 4.34 Å². The van der Waals surface area contributed by atoms with Gasteiger partial charge in [0.15, 0.2) is 0 Å². The summed E-state index contributed by atoms with van der Waals surface area (Å²) in [5.74, 6) is 0.811. The number of carbonyl (C=O) groups is 1. The zero-order chi connectivity index (χ0) is 15.5. The fraction of sp³-hybridized carbons (Fsp3) is 0.312. The van der Waals surface area contributed by atoms with Gasteiger partial charge in [-0.05, 0) is 42.0 Å². The van der Waals surface area contributed by atoms with Gasteiger partial charge in [0.05, 0.1) is 18.8 Å². The Kier molecular flexibility index (Phi) is 4.55. The Morgan fingerprint density at radius 3 is 3.05 bits per heavy atom. The number of nitrogens with one attached hydrogen (secondary N) is 1. The predicted molar refractivity (Wildman–Crippen MR) is 90.0 cm³/mol. The first kappa shape index (κ1) is 15.2. The van der Waals surface area contributed by atoms with Gasteiger partial charge in [0.2, 0.25) is 0 Å². The molecule has 1 fully saturated rings. The van der Waals surface area contributed by atoms with Gasteiger partial charge in [-0.2, -0.15) is 0 Å². The van der Waals surface area contributed by atoms with E-state index in [1.165, 1.54) is 11.3 Å². The summed E-state index contributed by atoms with van der Waals surface area (Å²) in [5, 5.41) is 4.76. The number of hydrogen-bond acceptors (Lipinski definition) is 3. The molecule has 1 atom stereocenters. The molecule has 1 N–H and O–H groups in total. The Bertz CT molecular complexity index is 674. The summed E-state index contributed by atoms with van der Waals surface area (Å²) in [6, 6.07) is 9.69. The van der Waals surface area contributed by atoms with Crippen molar-refractivity contribution < 1.29 is 9.53 Å². The van der Waals surface area contributed by atoms with E-state index in [-0.39, 0.29) is 12.1 Å². The minimum absolute atomic E-state index is 0.0764. The largest absolute Gasteiger partial charge is 0.497 e. The maximum atomic E-state index is 12.5. The molecule has 3 rings (SSSR count). The first-order valence-electron chi connectivity index (χ1n) is 7.13. The van der Waals surface area contributed by atoms with Crippen molar-refractivity contribution in [2.24, 2.45) is 0 Å². The van der Waals surface area contributed by atoms with Crippen molar-refractivity contribution in [3.63, 3.8) is 0 Å². The number of rotatable bonds is 3. The molecule has 22 heavy (non-hydrogen) atoms. The van der Waals surface area contributed by atoms with Gasteiger partial charge in [0, 0.05) is 6.54 Å². The van der Waals surface area contributed by atoms with Crippen molar-refractivity contribution >= 4 is 34.7 Å². The average molecular weight is 337 g/mol. The summed E-state index contributed by atoms with van der Waals surface area (Å²) < 4.78 is 5.88. The Hall–Kier alpha value is -1.72. The van der Waals surface area contributed by atoms with Crippen molar-refractivity contribution in [3.05, 3.63) is 45.6 Å². The van der Waals surface area contributed by atoms with Crippen molar-refractivity contribution in [1.82, 2.24) is 4.90 Å². The highest BCUT2D eigenvalue weighted by Crippen LogP contribution is 2.35. The SMILES string of the molecule is COc1cccc([C@@H]2CCCN2C(=O)Nc2ccsc2Cl)c1. The van der Waals surface area contributed by atoms with Crippen molar-refractivity contribution in [2.45, 2.75) is 18.9 Å². The fourth-order valence-electron chi connectivity index (χ4n) is 2.77. The highest BCUT2D eigenvalue weighted by atomic mass is 35.5. The molecular weight excluding hydrogens is 320 g/mol. The van der Waals surface area contributed by atoms with Gasteiger partial charge in [-0.15, -0.1) is 11.3 Å². The summed E-state index contributed by atoms with van der Waals surface area (Å²) >= 11 is 7.46. The molecule has 2 heterocycles. The van der Waals surface area contributed by atoms with Crippen LogP contribution in [0.3, 0.4) is 0 Å². The minimum atomic E-state index is -0.106. The lowest BCUT2D eigenvalue weighted by Crippen LogP contribution is -2.34. The van der Waals surface area contributed by atoms with Gasteiger partial charge in [-0.1, -0.05) is 23.7 Å². The molecule has 0 aliphatic carbocycles. The standard InChI is InChI=1S/C16H17ClN2O2S/c1-21-12-5-2-4-11(10-12)14-6-3-8-19(14)16(20)18-13-7-9-22-15(13)17/h2,4-5,7,9-10,14H,3,6,8H2,1H3,(H,18,20)/t14-/m0/s1. The van der Waals surface area contributed by atoms with E-state index < -0.39 is 0 Å². The molecule has 1 aromatic heterocycles. The van der Waals surface area contributed by atoms with Gasteiger partial charge < -0.3 is 15.0 Å². The lowest BCUT2D eigenvalue weighted by atomic mass is 10.0. The Morgan fingerprint density at radius 1 is 1.45 bits per heavy atom. The van der Waals surface area contributed by atoms with Gasteiger partial charge in [0.25, 0.3) is 0 Å². The number of hydrogen-bond donors (Lipinski definition) is 1. The third kappa shape index (κ3) is 3.05. The Labute approximate surface area is 138 Å². The smallest absolute Gasteiger partial charge is 0.322 e. The Morgan fingerprint density at radius 2 is 2.32 bits per heavy atom. The van der Waals surface area contributed by atoms with Crippen LogP contribution in [0, 0.1) is 0 Å². The van der Waals surface area contributed by atoms with Crippen LogP contribution in [0.1, 0.15) is 24.4 Å². The van der Waals surface area contributed by atoms with Crippen LogP contribution in [0.15, 0.2) is 35.7 Å². The van der Waals surface area contributed by atoms with E-state index in [1.807, 2.05) is 40.6 Å². The normalized spacial score (nSPS) is 17.5. The zero-order valence-corrected chi connectivity index (χ0v) is 13.8. The van der Waals surface area contributed by atoms with E-state index in [4.69, 9.17) is 16.3 Å². The van der Waals surface area contributed by atoms with E-state index in [2.05, 4.69) is 5.32 Å². The molecule has 0 unspecified atom stereocenters. The van der Waals surface area contributed by atoms with Crippen LogP contribution in [0.5, 0.6) is 5.75 Å². The van der Waals surface area contributed by atoms with E-state index >= 15 is 0 Å². The molecule has 0 spiro atoms. The van der Waals surface area contributed by atoms with Gasteiger partial charge in [0.1, 0.15) is 10.1 Å². The highest BCUT2D eigenvalue weighted by molar-refractivity contribution is 7.15. The zero-order valence-electron chi connectivity index (χ0n) is 12.2. The molecule has 4 nitrogen and oxygen atoms in total. The number of methoxy groups -OCH3 is 1. The molecule has 0 saturated carbocycles.